The Morgan fingerprint density at radius 3 is 2.28 bits per heavy atom. The van der Waals surface area contributed by atoms with Crippen molar-refractivity contribution in [2.24, 2.45) is 0 Å². The minimum Gasteiger partial charge on any atom is -0.497 e. The van der Waals surface area contributed by atoms with Crippen LogP contribution in [0.25, 0.3) is 0 Å². The number of carbonyl (C=O) groups excluding carboxylic acids is 2. The van der Waals surface area contributed by atoms with Crippen LogP contribution in [-0.2, 0) is 14.8 Å². The van der Waals surface area contributed by atoms with Gasteiger partial charge in [-0.1, -0.05) is 0 Å². The molecule has 2 saturated heterocycles. The molecule has 178 valence electrons. The lowest BCUT2D eigenvalue weighted by Gasteiger charge is -2.35. The lowest BCUT2D eigenvalue weighted by atomic mass is 10.1. The van der Waals surface area contributed by atoms with E-state index in [9.17, 15) is 18.0 Å². The molecule has 32 heavy (non-hydrogen) atoms. The van der Waals surface area contributed by atoms with Crippen LogP contribution in [0.3, 0.4) is 0 Å². The minimum atomic E-state index is -3.43. The SMILES string of the molecule is COc1ccc(C(=O)N2CCN(C(=O)NCCS(=O)(=O)N3CCOCC3)CC2)c(OC)c1. The normalized spacial score (nSPS) is 17.7. The van der Waals surface area contributed by atoms with Crippen molar-refractivity contribution in [2.45, 2.75) is 0 Å². The van der Waals surface area contributed by atoms with Gasteiger partial charge in [0.1, 0.15) is 11.5 Å². The Labute approximate surface area is 188 Å². The third kappa shape index (κ3) is 5.81. The quantitative estimate of drug-likeness (QED) is 0.588. The van der Waals surface area contributed by atoms with Gasteiger partial charge in [-0.25, -0.2) is 13.2 Å². The van der Waals surface area contributed by atoms with Gasteiger partial charge in [0, 0.05) is 51.9 Å². The Balaban J connectivity index is 1.47. The Bertz CT molecular complexity index is 911. The summed E-state index contributed by atoms with van der Waals surface area (Å²) < 4.78 is 41.7. The zero-order chi connectivity index (χ0) is 23.1. The highest BCUT2D eigenvalue weighted by molar-refractivity contribution is 7.89. The predicted molar refractivity (Wildman–Crippen MR) is 117 cm³/mol. The Morgan fingerprint density at radius 2 is 1.66 bits per heavy atom. The minimum absolute atomic E-state index is 0.0285. The molecule has 11 nitrogen and oxygen atoms in total. The zero-order valence-electron chi connectivity index (χ0n) is 18.4. The lowest BCUT2D eigenvalue weighted by Crippen LogP contribution is -2.53. The van der Waals surface area contributed by atoms with Crippen LogP contribution in [0.1, 0.15) is 10.4 Å². The lowest BCUT2D eigenvalue weighted by molar-refractivity contribution is 0.0662. The number of methoxy groups -OCH3 is 2. The standard InChI is InChI=1S/C20H30N4O7S/c1-29-16-3-4-17(18(15-16)30-2)19(25)22-6-8-23(9-7-22)20(26)21-5-14-32(27,28)24-10-12-31-13-11-24/h3-4,15H,5-14H2,1-2H3,(H,21,26). The first-order valence-electron chi connectivity index (χ1n) is 10.5. The molecule has 12 heteroatoms. The smallest absolute Gasteiger partial charge is 0.317 e. The van der Waals surface area contributed by atoms with Crippen molar-refractivity contribution in [3.05, 3.63) is 23.8 Å². The van der Waals surface area contributed by atoms with Gasteiger partial charge in [0.25, 0.3) is 5.91 Å². The van der Waals surface area contributed by atoms with Gasteiger partial charge in [0.15, 0.2) is 0 Å². The largest absolute Gasteiger partial charge is 0.497 e. The predicted octanol–water partition coefficient (Wildman–Crippen LogP) is -0.167. The molecule has 2 heterocycles. The van der Waals surface area contributed by atoms with Gasteiger partial charge < -0.3 is 29.3 Å². The maximum atomic E-state index is 12.9. The maximum Gasteiger partial charge on any atom is 0.317 e. The molecule has 1 aromatic carbocycles. The third-order valence-corrected chi connectivity index (χ3v) is 7.36. The van der Waals surface area contributed by atoms with Gasteiger partial charge in [-0.2, -0.15) is 4.31 Å². The topological polar surface area (TPSA) is 118 Å². The Kier molecular flexibility index (Phi) is 8.15. The van der Waals surface area contributed by atoms with E-state index >= 15 is 0 Å². The summed E-state index contributed by atoms with van der Waals surface area (Å²) in [6.45, 7) is 2.92. The summed E-state index contributed by atoms with van der Waals surface area (Å²) in [6.07, 6.45) is 0. The molecule has 0 unspecified atom stereocenters. The second-order valence-corrected chi connectivity index (χ2v) is 9.49. The van der Waals surface area contributed by atoms with E-state index in [1.54, 1.807) is 35.1 Å². The van der Waals surface area contributed by atoms with E-state index < -0.39 is 10.0 Å². The van der Waals surface area contributed by atoms with Crippen LogP contribution >= 0.6 is 0 Å². The molecule has 0 bridgehead atoms. The third-order valence-electron chi connectivity index (χ3n) is 5.49. The summed E-state index contributed by atoms with van der Waals surface area (Å²) in [4.78, 5) is 28.6. The number of morpholine rings is 1. The molecule has 1 N–H and O–H groups in total. The van der Waals surface area contributed by atoms with Crippen molar-refractivity contribution in [1.82, 2.24) is 19.4 Å². The van der Waals surface area contributed by atoms with Gasteiger partial charge in [0.2, 0.25) is 10.0 Å². The van der Waals surface area contributed by atoms with Crippen molar-refractivity contribution in [1.29, 1.82) is 0 Å². The highest BCUT2D eigenvalue weighted by Crippen LogP contribution is 2.26. The van der Waals surface area contributed by atoms with Gasteiger partial charge >= 0.3 is 6.03 Å². The van der Waals surface area contributed by atoms with E-state index in [1.807, 2.05) is 0 Å². The van der Waals surface area contributed by atoms with Gasteiger partial charge in [-0.3, -0.25) is 4.79 Å². The number of ether oxygens (including phenoxy) is 3. The van der Waals surface area contributed by atoms with E-state index in [0.717, 1.165) is 0 Å². The van der Waals surface area contributed by atoms with E-state index in [4.69, 9.17) is 14.2 Å². The number of urea groups is 1. The van der Waals surface area contributed by atoms with Gasteiger partial charge in [-0.15, -0.1) is 0 Å². The van der Waals surface area contributed by atoms with E-state index in [0.29, 0.717) is 69.5 Å². The number of rotatable bonds is 7. The summed E-state index contributed by atoms with van der Waals surface area (Å²) in [5.41, 5.74) is 0.430. The van der Waals surface area contributed by atoms with E-state index in [2.05, 4.69) is 5.32 Å². The zero-order valence-corrected chi connectivity index (χ0v) is 19.2. The molecule has 2 aliphatic heterocycles. The highest BCUT2D eigenvalue weighted by atomic mass is 32.2. The second-order valence-electron chi connectivity index (χ2n) is 7.40. The number of sulfonamides is 1. The van der Waals surface area contributed by atoms with Crippen LogP contribution in [0.15, 0.2) is 18.2 Å². The number of benzene rings is 1. The molecule has 2 aliphatic rings. The number of amides is 3. The summed E-state index contributed by atoms with van der Waals surface area (Å²) in [6, 6.07) is 4.68. The molecule has 0 radical (unpaired) electrons. The number of nitrogens with one attached hydrogen (secondary N) is 1. The second kappa shape index (κ2) is 10.8. The van der Waals surface area contributed by atoms with Crippen molar-refractivity contribution in [3.63, 3.8) is 0 Å². The molecule has 0 saturated carbocycles. The Morgan fingerprint density at radius 1 is 1.00 bits per heavy atom. The fraction of sp³-hybridized carbons (Fsp3) is 0.600. The fourth-order valence-electron chi connectivity index (χ4n) is 3.61. The molecule has 0 spiro atoms. The monoisotopic (exact) mass is 470 g/mol. The van der Waals surface area contributed by atoms with Crippen molar-refractivity contribution in [2.75, 3.05) is 79.0 Å². The molecular formula is C20H30N4O7S. The highest BCUT2D eigenvalue weighted by Gasteiger charge is 2.28. The Hall–Kier alpha value is -2.57. The first-order valence-corrected chi connectivity index (χ1v) is 12.1. The van der Waals surface area contributed by atoms with E-state index in [-0.39, 0.29) is 24.2 Å². The summed E-state index contributed by atoms with van der Waals surface area (Å²) in [5.74, 6) is 0.682. The first kappa shape index (κ1) is 24.1. The summed E-state index contributed by atoms with van der Waals surface area (Å²) >= 11 is 0. The first-order chi connectivity index (χ1) is 15.4. The van der Waals surface area contributed by atoms with Crippen LogP contribution in [0.4, 0.5) is 4.79 Å². The number of carbonyl (C=O) groups is 2. The van der Waals surface area contributed by atoms with Gasteiger partial charge in [0.05, 0.1) is 38.7 Å². The van der Waals surface area contributed by atoms with Crippen molar-refractivity contribution >= 4 is 22.0 Å². The average Bonchev–Trinajstić information content (AvgIpc) is 2.83. The average molecular weight is 471 g/mol. The fourth-order valence-corrected chi connectivity index (χ4v) is 4.93. The molecule has 0 atom stereocenters. The number of nitrogens with zero attached hydrogens (tertiary/aromatic N) is 3. The van der Waals surface area contributed by atoms with Gasteiger partial charge in [-0.05, 0) is 12.1 Å². The van der Waals surface area contributed by atoms with Crippen molar-refractivity contribution in [3.8, 4) is 11.5 Å². The molecule has 1 aromatic rings. The van der Waals surface area contributed by atoms with E-state index in [1.165, 1.54) is 11.4 Å². The molecule has 3 rings (SSSR count). The molecule has 0 aliphatic carbocycles. The van der Waals surface area contributed by atoms with Crippen LogP contribution < -0.4 is 14.8 Å². The molecule has 2 fully saturated rings. The maximum absolute atomic E-state index is 12.9. The molecule has 3 amide bonds. The van der Waals surface area contributed by atoms with Crippen LogP contribution in [-0.4, -0.2) is 113 Å². The number of piperazine rings is 1. The molecular weight excluding hydrogens is 440 g/mol. The van der Waals surface area contributed by atoms with Crippen LogP contribution in [0, 0.1) is 0 Å². The molecule has 0 aromatic heterocycles. The van der Waals surface area contributed by atoms with Crippen LogP contribution in [0.5, 0.6) is 11.5 Å². The van der Waals surface area contributed by atoms with Crippen LogP contribution in [0.2, 0.25) is 0 Å². The summed E-state index contributed by atoms with van der Waals surface area (Å²) in [5, 5.41) is 2.67. The summed E-state index contributed by atoms with van der Waals surface area (Å²) in [7, 11) is -0.392. The van der Waals surface area contributed by atoms with Crippen molar-refractivity contribution < 1.29 is 32.2 Å². The number of hydrogen-bond donors (Lipinski definition) is 1. The number of hydrogen-bond acceptors (Lipinski definition) is 7.